The van der Waals surface area contributed by atoms with Gasteiger partial charge in [-0.3, -0.25) is 0 Å². The fourth-order valence-electron chi connectivity index (χ4n) is 2.82. The van der Waals surface area contributed by atoms with Crippen molar-refractivity contribution in [1.29, 1.82) is 0 Å². The number of rotatable bonds is 5. The first-order valence-corrected chi connectivity index (χ1v) is 7.86. The van der Waals surface area contributed by atoms with Crippen LogP contribution in [0, 0.1) is 5.82 Å². The summed E-state index contributed by atoms with van der Waals surface area (Å²) in [4.78, 5) is 1.52. The summed E-state index contributed by atoms with van der Waals surface area (Å²) in [6, 6.07) is 11.0. The lowest BCUT2D eigenvalue weighted by Crippen LogP contribution is -2.24. The van der Waals surface area contributed by atoms with Gasteiger partial charge in [0, 0.05) is 25.1 Å². The fraction of sp³-hybridized carbons (Fsp3) is 0.263. The van der Waals surface area contributed by atoms with Crippen LogP contribution in [0.1, 0.15) is 29.5 Å². The van der Waals surface area contributed by atoms with Gasteiger partial charge in [-0.05, 0) is 17.7 Å². The summed E-state index contributed by atoms with van der Waals surface area (Å²) in [7, 11) is 1.59. The average Bonchev–Trinajstić information content (AvgIpc) is 2.54. The molecule has 2 rings (SSSR count). The Morgan fingerprint density at radius 2 is 1.69 bits per heavy atom. The molecule has 2 aromatic rings. The second kappa shape index (κ2) is 7.68. The van der Waals surface area contributed by atoms with Gasteiger partial charge in [0.05, 0.1) is 5.56 Å². The van der Waals surface area contributed by atoms with E-state index in [9.17, 15) is 27.8 Å². The van der Waals surface area contributed by atoms with E-state index in [0.29, 0.717) is 11.6 Å². The van der Waals surface area contributed by atoms with Crippen molar-refractivity contribution >= 4 is 5.70 Å². The van der Waals surface area contributed by atoms with Crippen molar-refractivity contribution in [2.45, 2.75) is 19.0 Å². The Bertz CT molecular complexity index is 784. The number of aliphatic hydroxyl groups excluding tert-OH is 1. The summed E-state index contributed by atoms with van der Waals surface area (Å²) in [5, 5.41) is 19.2. The van der Waals surface area contributed by atoms with Crippen molar-refractivity contribution < 1.29 is 27.8 Å². The predicted octanol–water partition coefficient (Wildman–Crippen LogP) is 5.32. The highest BCUT2D eigenvalue weighted by atomic mass is 19.4. The number of alkyl halides is 3. The van der Waals surface area contributed by atoms with Crippen molar-refractivity contribution in [3.63, 3.8) is 0 Å². The SMILES string of the molecule is CC(CN(C)C(=C(O)O)c1ccccc1)c1ccc(C(F)(F)F)cc1F. The van der Waals surface area contributed by atoms with Gasteiger partial charge in [-0.25, -0.2) is 4.39 Å². The van der Waals surface area contributed by atoms with Crippen LogP contribution in [0.2, 0.25) is 0 Å². The molecule has 0 spiro atoms. The standard InChI is InChI=1S/C19H19F4NO2/c1-12(15-9-8-14(10-16(15)20)19(21,22)23)11-24(2)17(18(25)26)13-6-4-3-5-7-13/h3-10,12,25-26H,11H2,1-2H3. The van der Waals surface area contributed by atoms with Crippen LogP contribution in [-0.4, -0.2) is 28.7 Å². The summed E-state index contributed by atoms with van der Waals surface area (Å²) < 4.78 is 52.1. The number of nitrogens with zero attached hydrogens (tertiary/aromatic N) is 1. The van der Waals surface area contributed by atoms with E-state index < -0.39 is 29.4 Å². The number of likely N-dealkylation sites (N-methyl/N-ethyl adjacent to an activating group) is 1. The van der Waals surface area contributed by atoms with Gasteiger partial charge in [-0.2, -0.15) is 13.2 Å². The Kier molecular flexibility index (Phi) is 5.79. The first-order chi connectivity index (χ1) is 12.1. The molecule has 0 radical (unpaired) electrons. The largest absolute Gasteiger partial charge is 0.480 e. The molecular weight excluding hydrogens is 350 g/mol. The molecule has 140 valence electrons. The molecule has 0 aliphatic heterocycles. The molecule has 0 saturated heterocycles. The molecule has 0 aliphatic rings. The Hall–Kier alpha value is -2.70. The van der Waals surface area contributed by atoms with E-state index in [1.807, 2.05) is 0 Å². The zero-order chi connectivity index (χ0) is 19.5. The van der Waals surface area contributed by atoms with Crippen LogP contribution in [0.3, 0.4) is 0 Å². The highest BCUT2D eigenvalue weighted by molar-refractivity contribution is 5.64. The summed E-state index contributed by atoms with van der Waals surface area (Å²) >= 11 is 0. The lowest BCUT2D eigenvalue weighted by molar-refractivity contribution is -0.137. The molecule has 0 aliphatic carbocycles. The summed E-state index contributed by atoms with van der Waals surface area (Å²) in [6.45, 7) is 1.82. The van der Waals surface area contributed by atoms with Crippen LogP contribution < -0.4 is 0 Å². The fourth-order valence-corrected chi connectivity index (χ4v) is 2.82. The van der Waals surface area contributed by atoms with Gasteiger partial charge in [0.2, 0.25) is 0 Å². The van der Waals surface area contributed by atoms with Gasteiger partial charge in [0.1, 0.15) is 11.5 Å². The number of hydrogen-bond donors (Lipinski definition) is 2. The smallest absolute Gasteiger partial charge is 0.416 e. The number of hydrogen-bond acceptors (Lipinski definition) is 3. The van der Waals surface area contributed by atoms with Crippen LogP contribution in [0.4, 0.5) is 17.6 Å². The Labute approximate surface area is 148 Å². The summed E-state index contributed by atoms with van der Waals surface area (Å²) in [5.41, 5.74) is -0.230. The van der Waals surface area contributed by atoms with Gasteiger partial charge >= 0.3 is 6.18 Å². The van der Waals surface area contributed by atoms with E-state index in [1.165, 1.54) is 4.90 Å². The molecule has 0 amide bonds. The normalized spacial score (nSPS) is 12.5. The number of halogens is 4. The molecule has 0 heterocycles. The van der Waals surface area contributed by atoms with Crippen molar-refractivity contribution in [1.82, 2.24) is 4.90 Å². The average molecular weight is 369 g/mol. The molecule has 0 saturated carbocycles. The Morgan fingerprint density at radius 1 is 1.08 bits per heavy atom. The molecule has 0 fully saturated rings. The highest BCUT2D eigenvalue weighted by Crippen LogP contribution is 2.32. The van der Waals surface area contributed by atoms with Crippen molar-refractivity contribution in [3.05, 3.63) is 77.0 Å². The lowest BCUT2D eigenvalue weighted by Gasteiger charge is -2.26. The molecule has 0 aromatic heterocycles. The molecule has 1 atom stereocenters. The topological polar surface area (TPSA) is 43.7 Å². The summed E-state index contributed by atoms with van der Waals surface area (Å²) in [6.07, 6.45) is -4.61. The lowest BCUT2D eigenvalue weighted by atomic mass is 9.98. The minimum Gasteiger partial charge on any atom is -0.480 e. The van der Waals surface area contributed by atoms with E-state index >= 15 is 0 Å². The van der Waals surface area contributed by atoms with Crippen LogP contribution in [-0.2, 0) is 6.18 Å². The Balaban J connectivity index is 2.23. The second-order valence-corrected chi connectivity index (χ2v) is 6.05. The first-order valence-electron chi connectivity index (χ1n) is 7.86. The third-order valence-electron chi connectivity index (χ3n) is 4.05. The maximum atomic E-state index is 14.1. The van der Waals surface area contributed by atoms with Crippen molar-refractivity contribution in [3.8, 4) is 0 Å². The van der Waals surface area contributed by atoms with Crippen LogP contribution in [0.15, 0.2) is 54.5 Å². The Morgan fingerprint density at radius 3 is 2.19 bits per heavy atom. The first kappa shape index (κ1) is 19.6. The summed E-state index contributed by atoms with van der Waals surface area (Å²) in [5.74, 6) is -2.32. The van der Waals surface area contributed by atoms with E-state index in [1.54, 1.807) is 44.3 Å². The van der Waals surface area contributed by atoms with E-state index in [4.69, 9.17) is 0 Å². The predicted molar refractivity (Wildman–Crippen MR) is 91.1 cm³/mol. The van der Waals surface area contributed by atoms with E-state index in [2.05, 4.69) is 0 Å². The van der Waals surface area contributed by atoms with Crippen LogP contribution >= 0.6 is 0 Å². The minimum atomic E-state index is -4.61. The third-order valence-corrected chi connectivity index (χ3v) is 4.05. The van der Waals surface area contributed by atoms with Gasteiger partial charge in [0.25, 0.3) is 5.95 Å². The highest BCUT2D eigenvalue weighted by Gasteiger charge is 2.31. The van der Waals surface area contributed by atoms with E-state index in [-0.39, 0.29) is 17.8 Å². The molecule has 7 heteroatoms. The molecule has 2 aromatic carbocycles. The molecule has 3 nitrogen and oxygen atoms in total. The second-order valence-electron chi connectivity index (χ2n) is 6.05. The maximum absolute atomic E-state index is 14.1. The molecule has 0 bridgehead atoms. The maximum Gasteiger partial charge on any atom is 0.416 e. The molecule has 2 N–H and O–H groups in total. The number of aliphatic hydroxyl groups is 2. The zero-order valence-corrected chi connectivity index (χ0v) is 14.3. The van der Waals surface area contributed by atoms with Gasteiger partial charge in [0.15, 0.2) is 0 Å². The van der Waals surface area contributed by atoms with Crippen molar-refractivity contribution in [2.24, 2.45) is 0 Å². The van der Waals surface area contributed by atoms with Gasteiger partial charge in [-0.15, -0.1) is 0 Å². The number of benzene rings is 2. The van der Waals surface area contributed by atoms with Crippen LogP contribution in [0.5, 0.6) is 0 Å². The molecule has 26 heavy (non-hydrogen) atoms. The molecular formula is C19H19F4NO2. The van der Waals surface area contributed by atoms with Crippen molar-refractivity contribution in [2.75, 3.05) is 13.6 Å². The molecule has 1 unspecified atom stereocenters. The van der Waals surface area contributed by atoms with Gasteiger partial charge in [-0.1, -0.05) is 43.3 Å². The van der Waals surface area contributed by atoms with E-state index in [0.717, 1.165) is 12.1 Å². The van der Waals surface area contributed by atoms with Gasteiger partial charge < -0.3 is 15.1 Å². The minimum absolute atomic E-state index is 0.120. The zero-order valence-electron chi connectivity index (χ0n) is 14.3. The monoisotopic (exact) mass is 369 g/mol. The van der Waals surface area contributed by atoms with Crippen LogP contribution in [0.25, 0.3) is 5.70 Å². The quantitative estimate of drug-likeness (QED) is 0.554. The third kappa shape index (κ3) is 4.47.